The largest absolute Gasteiger partial charge is 0.337 e. The number of likely N-dealkylation sites (tertiary alicyclic amines) is 1. The lowest BCUT2D eigenvalue weighted by molar-refractivity contribution is 0.0698. The van der Waals surface area contributed by atoms with Crippen molar-refractivity contribution in [1.29, 1.82) is 0 Å². The first-order valence-electron chi connectivity index (χ1n) is 10.1. The van der Waals surface area contributed by atoms with E-state index in [4.69, 9.17) is 0 Å². The third kappa shape index (κ3) is 3.92. The van der Waals surface area contributed by atoms with E-state index in [9.17, 15) is 4.79 Å². The summed E-state index contributed by atoms with van der Waals surface area (Å²) in [7, 11) is 0. The maximum absolute atomic E-state index is 13.1. The summed E-state index contributed by atoms with van der Waals surface area (Å²) in [6.07, 6.45) is 6.71. The average Bonchev–Trinajstić information content (AvgIpc) is 3.45. The molecule has 0 spiro atoms. The Hall–Kier alpha value is -1.58. The van der Waals surface area contributed by atoms with Crippen LogP contribution in [-0.4, -0.2) is 43.6 Å². The molecule has 3 aromatic heterocycles. The summed E-state index contributed by atoms with van der Waals surface area (Å²) >= 11 is 6.65. The highest BCUT2D eigenvalue weighted by atomic mass is 79.9. The highest BCUT2D eigenvalue weighted by Gasteiger charge is 2.30. The quantitative estimate of drug-likeness (QED) is 0.518. The molecule has 3 aromatic rings. The Labute approximate surface area is 186 Å². The molecule has 0 N–H and O–H groups in total. The van der Waals surface area contributed by atoms with E-state index in [1.807, 2.05) is 21.7 Å². The van der Waals surface area contributed by atoms with Gasteiger partial charge < -0.3 is 9.47 Å². The van der Waals surface area contributed by atoms with Crippen molar-refractivity contribution in [2.45, 2.75) is 51.0 Å². The predicted octanol–water partition coefficient (Wildman–Crippen LogP) is 4.97. The zero-order valence-corrected chi connectivity index (χ0v) is 19.2. The van der Waals surface area contributed by atoms with Crippen LogP contribution in [0.4, 0.5) is 0 Å². The summed E-state index contributed by atoms with van der Waals surface area (Å²) in [4.78, 5) is 20.8. The van der Waals surface area contributed by atoms with Crippen molar-refractivity contribution in [2.75, 3.05) is 13.1 Å². The van der Waals surface area contributed by atoms with E-state index in [0.717, 1.165) is 58.4 Å². The van der Waals surface area contributed by atoms with Gasteiger partial charge in [0.05, 0.1) is 4.88 Å². The highest BCUT2D eigenvalue weighted by Crippen LogP contribution is 2.33. The number of amides is 1. The number of hydrogen-bond donors (Lipinski definition) is 0. The molecule has 0 aromatic carbocycles. The molecule has 152 valence electrons. The van der Waals surface area contributed by atoms with E-state index in [2.05, 4.69) is 35.7 Å². The number of aryl methyl sites for hydroxylation is 1. The molecular formula is C20H22BrN5OS2. The van der Waals surface area contributed by atoms with E-state index >= 15 is 0 Å². The van der Waals surface area contributed by atoms with Gasteiger partial charge in [0.25, 0.3) is 5.91 Å². The molecule has 0 bridgehead atoms. The molecule has 5 heterocycles. The lowest BCUT2D eigenvalue weighted by Gasteiger charge is -2.32. The molecule has 1 amide bonds. The van der Waals surface area contributed by atoms with Gasteiger partial charge in [-0.15, -0.1) is 32.9 Å². The van der Waals surface area contributed by atoms with Crippen LogP contribution in [0.25, 0.3) is 9.88 Å². The van der Waals surface area contributed by atoms with Gasteiger partial charge in [-0.2, -0.15) is 0 Å². The van der Waals surface area contributed by atoms with Crippen LogP contribution in [0.3, 0.4) is 0 Å². The number of thiophene rings is 1. The van der Waals surface area contributed by atoms with Crippen molar-refractivity contribution in [1.82, 2.24) is 24.6 Å². The maximum atomic E-state index is 13.1. The fourth-order valence-electron chi connectivity index (χ4n) is 4.25. The Morgan fingerprint density at radius 3 is 2.90 bits per heavy atom. The molecule has 1 fully saturated rings. The van der Waals surface area contributed by atoms with E-state index in [1.165, 1.54) is 30.6 Å². The molecule has 2 aliphatic heterocycles. The first-order chi connectivity index (χ1) is 14.2. The van der Waals surface area contributed by atoms with Gasteiger partial charge in [-0.05, 0) is 47.7 Å². The molecule has 0 saturated carbocycles. The normalized spacial score (nSPS) is 19.8. The number of carbonyl (C=O) groups is 1. The molecular weight excluding hydrogens is 470 g/mol. The number of aromatic nitrogens is 4. The van der Waals surface area contributed by atoms with Gasteiger partial charge in [-0.3, -0.25) is 4.79 Å². The number of hydrogen-bond acceptors (Lipinski definition) is 6. The summed E-state index contributed by atoms with van der Waals surface area (Å²) in [6.45, 7) is 2.50. The van der Waals surface area contributed by atoms with Crippen LogP contribution in [0.5, 0.6) is 0 Å². The van der Waals surface area contributed by atoms with Gasteiger partial charge in [0, 0.05) is 47.2 Å². The first kappa shape index (κ1) is 19.4. The van der Waals surface area contributed by atoms with Gasteiger partial charge in [0.1, 0.15) is 22.4 Å². The Morgan fingerprint density at radius 2 is 2.03 bits per heavy atom. The minimum absolute atomic E-state index is 0.0310. The second-order valence-corrected chi connectivity index (χ2v) is 10.4. The first-order valence-corrected chi connectivity index (χ1v) is 12.7. The molecule has 2 aliphatic rings. The number of halogens is 1. The second-order valence-electron chi connectivity index (χ2n) is 7.69. The number of rotatable bonds is 3. The molecule has 9 heteroatoms. The van der Waals surface area contributed by atoms with Gasteiger partial charge >= 0.3 is 0 Å². The topological polar surface area (TPSA) is 63.9 Å². The van der Waals surface area contributed by atoms with Crippen molar-refractivity contribution in [3.05, 3.63) is 38.6 Å². The Morgan fingerprint density at radius 1 is 1.10 bits per heavy atom. The minimum Gasteiger partial charge on any atom is -0.337 e. The number of fused-ring (bicyclic) bond motifs is 1. The Balaban J connectivity index is 1.33. The molecule has 0 aliphatic carbocycles. The van der Waals surface area contributed by atoms with E-state index in [0.29, 0.717) is 12.2 Å². The number of carbonyl (C=O) groups excluding carboxylic acids is 1. The number of nitrogens with zero attached hydrogens (tertiary/aromatic N) is 5. The maximum Gasteiger partial charge on any atom is 0.273 e. The molecule has 1 atom stereocenters. The fourth-order valence-corrected chi connectivity index (χ4v) is 6.56. The third-order valence-electron chi connectivity index (χ3n) is 5.71. The van der Waals surface area contributed by atoms with Crippen molar-refractivity contribution in [3.8, 4) is 9.88 Å². The summed E-state index contributed by atoms with van der Waals surface area (Å²) in [5.74, 6) is 2.48. The van der Waals surface area contributed by atoms with Crippen LogP contribution < -0.4 is 0 Å². The Bertz CT molecular complexity index is 1030. The molecule has 1 unspecified atom stereocenters. The summed E-state index contributed by atoms with van der Waals surface area (Å²) in [6, 6.07) is 2.05. The van der Waals surface area contributed by atoms with Crippen LogP contribution in [-0.2, 0) is 13.0 Å². The standard InChI is InChI=1S/C20H22BrN5OS2/c21-14-9-16(28-11-14)19-22-15(12-29-19)20(27)25-7-4-5-13(10-25)18-24-23-17-6-2-1-3-8-26(17)18/h9,11-13H,1-8,10H2. The highest BCUT2D eigenvalue weighted by molar-refractivity contribution is 9.10. The van der Waals surface area contributed by atoms with Crippen LogP contribution in [0.15, 0.2) is 21.3 Å². The number of thiazole rings is 1. The molecule has 1 saturated heterocycles. The van der Waals surface area contributed by atoms with Crippen molar-refractivity contribution in [2.24, 2.45) is 0 Å². The molecule has 29 heavy (non-hydrogen) atoms. The average molecular weight is 492 g/mol. The van der Waals surface area contributed by atoms with Crippen LogP contribution in [0, 0.1) is 0 Å². The van der Waals surface area contributed by atoms with E-state index in [-0.39, 0.29) is 11.8 Å². The summed E-state index contributed by atoms with van der Waals surface area (Å²) < 4.78 is 3.37. The predicted molar refractivity (Wildman–Crippen MR) is 119 cm³/mol. The van der Waals surface area contributed by atoms with Gasteiger partial charge in [-0.1, -0.05) is 6.42 Å². The smallest absolute Gasteiger partial charge is 0.273 e. The van der Waals surface area contributed by atoms with Gasteiger partial charge in [0.2, 0.25) is 0 Å². The Kier molecular flexibility index (Phi) is 5.53. The van der Waals surface area contributed by atoms with Crippen LogP contribution >= 0.6 is 38.6 Å². The zero-order chi connectivity index (χ0) is 19.8. The summed E-state index contributed by atoms with van der Waals surface area (Å²) in [5, 5.41) is 13.8. The van der Waals surface area contributed by atoms with Gasteiger partial charge in [-0.25, -0.2) is 4.98 Å². The van der Waals surface area contributed by atoms with E-state index in [1.54, 1.807) is 11.3 Å². The van der Waals surface area contributed by atoms with Gasteiger partial charge in [0.15, 0.2) is 0 Å². The molecule has 5 rings (SSSR count). The SMILES string of the molecule is O=C(c1csc(-c2cc(Br)cs2)n1)N1CCCC(c2nnc3n2CCCCC3)C1. The lowest BCUT2D eigenvalue weighted by atomic mass is 9.96. The second kappa shape index (κ2) is 8.28. The third-order valence-corrected chi connectivity index (χ3v) is 8.42. The minimum atomic E-state index is 0.0310. The number of piperidine rings is 1. The monoisotopic (exact) mass is 491 g/mol. The van der Waals surface area contributed by atoms with E-state index < -0.39 is 0 Å². The molecule has 0 radical (unpaired) electrons. The molecule has 6 nitrogen and oxygen atoms in total. The van der Waals surface area contributed by atoms with Crippen molar-refractivity contribution >= 4 is 44.5 Å². The van der Waals surface area contributed by atoms with Crippen molar-refractivity contribution < 1.29 is 4.79 Å². The van der Waals surface area contributed by atoms with Crippen LogP contribution in [0.2, 0.25) is 0 Å². The van der Waals surface area contributed by atoms with Crippen molar-refractivity contribution in [3.63, 3.8) is 0 Å². The summed E-state index contributed by atoms with van der Waals surface area (Å²) in [5.41, 5.74) is 0.551. The van der Waals surface area contributed by atoms with Crippen LogP contribution in [0.1, 0.15) is 60.2 Å². The fraction of sp³-hybridized carbons (Fsp3) is 0.500. The zero-order valence-electron chi connectivity index (χ0n) is 16.0. The lowest BCUT2D eigenvalue weighted by Crippen LogP contribution is -2.40.